The van der Waals surface area contributed by atoms with Crippen LogP contribution in [0, 0.1) is 5.92 Å². The maximum absolute atomic E-state index is 12.5. The first-order valence-corrected chi connectivity index (χ1v) is 8.55. The van der Waals surface area contributed by atoms with E-state index in [9.17, 15) is 9.59 Å². The minimum atomic E-state index is -0.392. The van der Waals surface area contributed by atoms with Crippen molar-refractivity contribution < 1.29 is 9.59 Å². The molecule has 1 aromatic carbocycles. The molecule has 0 bridgehead atoms. The van der Waals surface area contributed by atoms with Crippen LogP contribution in [-0.2, 0) is 16.0 Å². The number of hydrogen-bond donors (Lipinski definition) is 2. The van der Waals surface area contributed by atoms with Gasteiger partial charge in [0.2, 0.25) is 11.8 Å². The maximum atomic E-state index is 12.5. The van der Waals surface area contributed by atoms with E-state index in [1.54, 1.807) is 0 Å². The van der Waals surface area contributed by atoms with Gasteiger partial charge in [-0.05, 0) is 37.2 Å². The summed E-state index contributed by atoms with van der Waals surface area (Å²) < 4.78 is 0. The van der Waals surface area contributed by atoms with Crippen LogP contribution in [0.15, 0.2) is 30.3 Å². The van der Waals surface area contributed by atoms with E-state index in [1.807, 2.05) is 11.0 Å². The number of piperidine rings is 1. The van der Waals surface area contributed by atoms with Crippen molar-refractivity contribution in [3.8, 4) is 0 Å². The van der Waals surface area contributed by atoms with Gasteiger partial charge >= 0.3 is 0 Å². The molecule has 0 saturated carbocycles. The van der Waals surface area contributed by atoms with E-state index in [2.05, 4.69) is 34.9 Å². The molecule has 2 saturated heterocycles. The van der Waals surface area contributed by atoms with Crippen molar-refractivity contribution in [2.75, 3.05) is 26.2 Å². The summed E-state index contributed by atoms with van der Waals surface area (Å²) in [4.78, 5) is 25.8. The van der Waals surface area contributed by atoms with Gasteiger partial charge in [-0.1, -0.05) is 30.3 Å². The Labute approximate surface area is 137 Å². The van der Waals surface area contributed by atoms with Crippen LogP contribution in [0.2, 0.25) is 0 Å². The number of nitrogens with one attached hydrogen (secondary N) is 2. The molecule has 2 aliphatic heterocycles. The third-order valence-corrected chi connectivity index (χ3v) is 4.88. The van der Waals surface area contributed by atoms with E-state index in [0.717, 1.165) is 32.4 Å². The number of aryl methyl sites for hydroxylation is 1. The molecule has 2 aliphatic rings. The van der Waals surface area contributed by atoms with Crippen LogP contribution in [0.3, 0.4) is 0 Å². The summed E-state index contributed by atoms with van der Waals surface area (Å²) in [6, 6.07) is 10.2. The maximum Gasteiger partial charge on any atom is 0.246 e. The van der Waals surface area contributed by atoms with Crippen LogP contribution in [0.5, 0.6) is 0 Å². The largest absolute Gasteiger partial charge is 0.342 e. The van der Waals surface area contributed by atoms with Gasteiger partial charge in [-0.2, -0.15) is 0 Å². The molecule has 5 nitrogen and oxygen atoms in total. The van der Waals surface area contributed by atoms with Crippen LogP contribution >= 0.6 is 0 Å². The number of nitrogens with zero attached hydrogens (tertiary/aromatic N) is 1. The van der Waals surface area contributed by atoms with Crippen LogP contribution in [-0.4, -0.2) is 48.9 Å². The second kappa shape index (κ2) is 7.59. The molecule has 5 heteroatoms. The van der Waals surface area contributed by atoms with Gasteiger partial charge in [0, 0.05) is 19.6 Å². The monoisotopic (exact) mass is 315 g/mol. The average molecular weight is 315 g/mol. The fourth-order valence-electron chi connectivity index (χ4n) is 3.45. The summed E-state index contributed by atoms with van der Waals surface area (Å²) in [5, 5.41) is 5.77. The second-order valence-electron chi connectivity index (χ2n) is 6.54. The lowest BCUT2D eigenvalue weighted by Crippen LogP contribution is -2.59. The van der Waals surface area contributed by atoms with Crippen LogP contribution in [0.25, 0.3) is 0 Å². The molecule has 2 heterocycles. The van der Waals surface area contributed by atoms with Gasteiger partial charge in [0.25, 0.3) is 0 Å². The Kier molecular flexibility index (Phi) is 5.28. The van der Waals surface area contributed by atoms with Crippen molar-refractivity contribution in [3.63, 3.8) is 0 Å². The summed E-state index contributed by atoms with van der Waals surface area (Å²) in [7, 11) is 0. The second-order valence-corrected chi connectivity index (χ2v) is 6.54. The SMILES string of the molecule is O=C1CNC[C@@H](C(=O)N2CCC(CCc3ccccc3)CC2)N1. The number of carbonyl (C=O) groups excluding carboxylic acids is 2. The minimum Gasteiger partial charge on any atom is -0.342 e. The van der Waals surface area contributed by atoms with Gasteiger partial charge in [0.15, 0.2) is 0 Å². The van der Waals surface area contributed by atoms with Crippen LogP contribution in [0.1, 0.15) is 24.8 Å². The third-order valence-electron chi connectivity index (χ3n) is 4.88. The van der Waals surface area contributed by atoms with Gasteiger partial charge in [-0.25, -0.2) is 0 Å². The van der Waals surface area contributed by atoms with Crippen molar-refractivity contribution >= 4 is 11.8 Å². The lowest BCUT2D eigenvalue weighted by molar-refractivity contribution is -0.138. The lowest BCUT2D eigenvalue weighted by Gasteiger charge is -2.35. The number of carbonyl (C=O) groups is 2. The first kappa shape index (κ1) is 16.0. The van der Waals surface area contributed by atoms with Crippen molar-refractivity contribution in [3.05, 3.63) is 35.9 Å². The smallest absolute Gasteiger partial charge is 0.246 e. The number of benzene rings is 1. The quantitative estimate of drug-likeness (QED) is 0.869. The summed E-state index contributed by atoms with van der Waals surface area (Å²) in [6.07, 6.45) is 4.43. The Hall–Kier alpha value is -1.88. The minimum absolute atomic E-state index is 0.0621. The molecule has 23 heavy (non-hydrogen) atoms. The van der Waals surface area contributed by atoms with Crippen LogP contribution < -0.4 is 10.6 Å². The van der Waals surface area contributed by atoms with Gasteiger partial charge < -0.3 is 15.5 Å². The molecule has 0 aliphatic carbocycles. The molecule has 1 aromatic rings. The fraction of sp³-hybridized carbons (Fsp3) is 0.556. The molecule has 2 fully saturated rings. The van der Waals surface area contributed by atoms with Crippen molar-refractivity contribution in [1.82, 2.24) is 15.5 Å². The summed E-state index contributed by atoms with van der Waals surface area (Å²) in [6.45, 7) is 2.47. The van der Waals surface area contributed by atoms with Gasteiger partial charge in [0.05, 0.1) is 6.54 Å². The number of piperazine rings is 1. The van der Waals surface area contributed by atoms with E-state index < -0.39 is 6.04 Å². The Bertz CT molecular complexity index is 538. The Morgan fingerprint density at radius 1 is 1.17 bits per heavy atom. The fourth-order valence-corrected chi connectivity index (χ4v) is 3.45. The molecule has 0 radical (unpaired) electrons. The highest BCUT2D eigenvalue weighted by Crippen LogP contribution is 2.23. The zero-order valence-corrected chi connectivity index (χ0v) is 13.5. The summed E-state index contributed by atoms with van der Waals surface area (Å²) in [5.41, 5.74) is 1.39. The summed E-state index contributed by atoms with van der Waals surface area (Å²) in [5.74, 6) is 0.665. The number of hydrogen-bond acceptors (Lipinski definition) is 3. The third kappa shape index (κ3) is 4.32. The topological polar surface area (TPSA) is 61.4 Å². The van der Waals surface area contributed by atoms with E-state index >= 15 is 0 Å². The predicted molar refractivity (Wildman–Crippen MR) is 88.9 cm³/mol. The van der Waals surface area contributed by atoms with Crippen LogP contribution in [0.4, 0.5) is 0 Å². The molecular formula is C18H25N3O2. The van der Waals surface area contributed by atoms with E-state index in [1.165, 1.54) is 12.0 Å². The highest BCUT2D eigenvalue weighted by molar-refractivity contribution is 5.89. The number of likely N-dealkylation sites (tertiary alicyclic amines) is 1. The molecule has 2 N–H and O–H groups in total. The first-order chi connectivity index (χ1) is 11.2. The Balaban J connectivity index is 1.43. The van der Waals surface area contributed by atoms with Crippen molar-refractivity contribution in [2.45, 2.75) is 31.7 Å². The highest BCUT2D eigenvalue weighted by Gasteiger charge is 2.30. The van der Waals surface area contributed by atoms with Crippen molar-refractivity contribution in [1.29, 1.82) is 0 Å². The van der Waals surface area contributed by atoms with E-state index in [-0.39, 0.29) is 11.8 Å². The molecule has 0 spiro atoms. The predicted octanol–water partition coefficient (Wildman–Crippen LogP) is 0.946. The molecule has 0 aromatic heterocycles. The highest BCUT2D eigenvalue weighted by atomic mass is 16.2. The lowest BCUT2D eigenvalue weighted by atomic mass is 9.90. The normalized spacial score (nSPS) is 22.7. The molecular weight excluding hydrogens is 290 g/mol. The standard InChI is InChI=1S/C18H25N3O2/c22-17-13-19-12-16(20-17)18(23)21-10-8-15(9-11-21)7-6-14-4-2-1-3-5-14/h1-5,15-16,19H,6-13H2,(H,20,22)/t16-/m0/s1. The molecule has 1 atom stereocenters. The first-order valence-electron chi connectivity index (χ1n) is 8.55. The van der Waals surface area contributed by atoms with E-state index in [4.69, 9.17) is 0 Å². The Morgan fingerprint density at radius 3 is 2.61 bits per heavy atom. The Morgan fingerprint density at radius 2 is 1.91 bits per heavy atom. The molecule has 2 amide bonds. The zero-order valence-electron chi connectivity index (χ0n) is 13.5. The molecule has 0 unspecified atom stereocenters. The van der Waals surface area contributed by atoms with Gasteiger partial charge in [-0.15, -0.1) is 0 Å². The molecule has 3 rings (SSSR count). The van der Waals surface area contributed by atoms with E-state index in [0.29, 0.717) is 19.0 Å². The zero-order chi connectivity index (χ0) is 16.1. The summed E-state index contributed by atoms with van der Waals surface area (Å²) >= 11 is 0. The molecule has 124 valence electrons. The number of rotatable bonds is 4. The van der Waals surface area contributed by atoms with Gasteiger partial charge in [0.1, 0.15) is 6.04 Å². The van der Waals surface area contributed by atoms with Gasteiger partial charge in [-0.3, -0.25) is 9.59 Å². The number of amides is 2. The van der Waals surface area contributed by atoms with Crippen molar-refractivity contribution in [2.24, 2.45) is 5.92 Å². The average Bonchev–Trinajstić information content (AvgIpc) is 2.61.